The molecule has 1 aromatic heterocycles. The Balaban J connectivity index is 1.93. The normalized spacial score (nSPS) is 11.5. The van der Waals surface area contributed by atoms with E-state index >= 15 is 0 Å². The van der Waals surface area contributed by atoms with E-state index < -0.39 is 0 Å². The van der Waals surface area contributed by atoms with E-state index in [1.54, 1.807) is 0 Å². The monoisotopic (exact) mass is 234 g/mol. The molecule has 4 nitrogen and oxygen atoms in total. The lowest BCUT2D eigenvalue weighted by molar-refractivity contribution is 0.261. The highest BCUT2D eigenvalue weighted by molar-refractivity contribution is 5.72. The molecule has 1 N–H and O–H groups in total. The van der Waals surface area contributed by atoms with Crippen LogP contribution in [0.3, 0.4) is 0 Å². The van der Waals surface area contributed by atoms with Crippen molar-refractivity contribution in [2.75, 3.05) is 20.2 Å². The van der Waals surface area contributed by atoms with Gasteiger partial charge in [0.05, 0.1) is 0 Å². The average Bonchev–Trinajstić information content (AvgIpc) is 2.76. The number of nitrogens with zero attached hydrogens (tertiary/aromatic N) is 2. The third kappa shape index (κ3) is 3.28. The molecule has 17 heavy (non-hydrogen) atoms. The maximum absolute atomic E-state index is 8.73. The van der Waals surface area contributed by atoms with Crippen LogP contribution in [0.1, 0.15) is 18.4 Å². The summed E-state index contributed by atoms with van der Waals surface area (Å²) in [5.74, 6) is 0. The molecule has 0 saturated heterocycles. The number of hydrogen-bond donors (Lipinski definition) is 1. The third-order valence-electron chi connectivity index (χ3n) is 2.80. The summed E-state index contributed by atoms with van der Waals surface area (Å²) in [6, 6.07) is 6.09. The van der Waals surface area contributed by atoms with Gasteiger partial charge in [0.15, 0.2) is 12.0 Å². The van der Waals surface area contributed by atoms with Crippen LogP contribution in [-0.4, -0.2) is 35.2 Å². The van der Waals surface area contributed by atoms with Crippen LogP contribution in [0.15, 0.2) is 29.0 Å². The lowest BCUT2D eigenvalue weighted by Gasteiger charge is -2.16. The molecule has 0 amide bonds. The minimum Gasteiger partial charge on any atom is -0.443 e. The van der Waals surface area contributed by atoms with Crippen molar-refractivity contribution in [1.82, 2.24) is 9.88 Å². The van der Waals surface area contributed by atoms with Crippen LogP contribution in [0.4, 0.5) is 0 Å². The highest BCUT2D eigenvalue weighted by Gasteiger charge is 2.03. The quantitative estimate of drug-likeness (QED) is 0.777. The zero-order valence-corrected chi connectivity index (χ0v) is 10.1. The van der Waals surface area contributed by atoms with Crippen molar-refractivity contribution in [1.29, 1.82) is 0 Å². The minimum absolute atomic E-state index is 0.276. The van der Waals surface area contributed by atoms with Crippen molar-refractivity contribution in [2.45, 2.75) is 19.4 Å². The van der Waals surface area contributed by atoms with E-state index in [0.717, 1.165) is 37.0 Å². The van der Waals surface area contributed by atoms with E-state index in [-0.39, 0.29) is 6.61 Å². The largest absolute Gasteiger partial charge is 0.443 e. The summed E-state index contributed by atoms with van der Waals surface area (Å²) < 4.78 is 5.28. The van der Waals surface area contributed by atoms with Crippen LogP contribution in [0.2, 0.25) is 0 Å². The number of aliphatic hydroxyl groups excluding tert-OH is 1. The lowest BCUT2D eigenvalue weighted by Crippen LogP contribution is -2.19. The SMILES string of the molecule is CN(CCCCO)Cc1ccc2ncoc2c1. The number of benzene rings is 1. The molecule has 92 valence electrons. The van der Waals surface area contributed by atoms with E-state index in [1.807, 2.05) is 12.1 Å². The van der Waals surface area contributed by atoms with E-state index in [9.17, 15) is 0 Å². The summed E-state index contributed by atoms with van der Waals surface area (Å²) in [6.07, 6.45) is 3.36. The second-order valence-corrected chi connectivity index (χ2v) is 4.32. The van der Waals surface area contributed by atoms with Crippen molar-refractivity contribution in [2.24, 2.45) is 0 Å². The Hall–Kier alpha value is -1.39. The van der Waals surface area contributed by atoms with Gasteiger partial charge in [-0.3, -0.25) is 0 Å². The Labute approximate surface area is 101 Å². The van der Waals surface area contributed by atoms with Crippen molar-refractivity contribution in [3.8, 4) is 0 Å². The van der Waals surface area contributed by atoms with Gasteiger partial charge in [-0.25, -0.2) is 4.98 Å². The highest BCUT2D eigenvalue weighted by atomic mass is 16.3. The van der Waals surface area contributed by atoms with Crippen molar-refractivity contribution in [3.63, 3.8) is 0 Å². The van der Waals surface area contributed by atoms with E-state index in [2.05, 4.69) is 23.0 Å². The predicted octanol–water partition coefficient (Wildman–Crippen LogP) is 2.03. The number of rotatable bonds is 6. The van der Waals surface area contributed by atoms with Crippen LogP contribution in [0.5, 0.6) is 0 Å². The Bertz CT molecular complexity index is 467. The Kier molecular flexibility index (Phi) is 4.12. The fraction of sp³-hybridized carbons (Fsp3) is 0.462. The fourth-order valence-corrected chi connectivity index (χ4v) is 1.88. The van der Waals surface area contributed by atoms with Gasteiger partial charge in [0.25, 0.3) is 0 Å². The minimum atomic E-state index is 0.276. The van der Waals surface area contributed by atoms with Gasteiger partial charge in [0.1, 0.15) is 5.52 Å². The van der Waals surface area contributed by atoms with Gasteiger partial charge in [0, 0.05) is 13.2 Å². The van der Waals surface area contributed by atoms with Crippen LogP contribution in [0, 0.1) is 0 Å². The molecule has 1 heterocycles. The second kappa shape index (κ2) is 5.80. The number of fused-ring (bicyclic) bond motifs is 1. The molecule has 2 aromatic rings. The van der Waals surface area contributed by atoms with Gasteiger partial charge >= 0.3 is 0 Å². The maximum atomic E-state index is 8.73. The molecule has 0 bridgehead atoms. The zero-order chi connectivity index (χ0) is 12.1. The van der Waals surface area contributed by atoms with E-state index in [0.29, 0.717) is 0 Å². The molecular formula is C13H18N2O2. The number of hydrogen-bond acceptors (Lipinski definition) is 4. The summed E-state index contributed by atoms with van der Waals surface area (Å²) >= 11 is 0. The standard InChI is InChI=1S/C13H18N2O2/c1-15(6-2-3-7-16)9-11-4-5-12-13(8-11)17-10-14-12/h4-5,8,10,16H,2-3,6-7,9H2,1H3. The Morgan fingerprint density at radius 1 is 1.35 bits per heavy atom. The average molecular weight is 234 g/mol. The first-order valence-electron chi connectivity index (χ1n) is 5.91. The summed E-state index contributed by atoms with van der Waals surface area (Å²) in [5.41, 5.74) is 2.96. The summed E-state index contributed by atoms with van der Waals surface area (Å²) in [6.45, 7) is 2.16. The number of aromatic nitrogens is 1. The smallest absolute Gasteiger partial charge is 0.181 e. The second-order valence-electron chi connectivity index (χ2n) is 4.32. The van der Waals surface area contributed by atoms with E-state index in [4.69, 9.17) is 9.52 Å². The molecule has 0 atom stereocenters. The first kappa shape index (κ1) is 12.1. The van der Waals surface area contributed by atoms with Gasteiger partial charge in [-0.2, -0.15) is 0 Å². The number of oxazole rings is 1. The molecule has 1 aromatic carbocycles. The van der Waals surface area contributed by atoms with Gasteiger partial charge < -0.3 is 14.4 Å². The molecule has 0 radical (unpaired) electrons. The molecule has 0 aliphatic carbocycles. The van der Waals surface area contributed by atoms with Gasteiger partial charge in [0.2, 0.25) is 0 Å². The molecule has 0 fully saturated rings. The predicted molar refractivity (Wildman–Crippen MR) is 66.7 cm³/mol. The van der Waals surface area contributed by atoms with Crippen molar-refractivity contribution in [3.05, 3.63) is 30.2 Å². The highest BCUT2D eigenvalue weighted by Crippen LogP contribution is 2.15. The van der Waals surface area contributed by atoms with Crippen LogP contribution >= 0.6 is 0 Å². The maximum Gasteiger partial charge on any atom is 0.181 e. The van der Waals surface area contributed by atoms with E-state index in [1.165, 1.54) is 12.0 Å². The molecular weight excluding hydrogens is 216 g/mol. The van der Waals surface area contributed by atoms with Gasteiger partial charge in [-0.1, -0.05) is 6.07 Å². The van der Waals surface area contributed by atoms with Crippen molar-refractivity contribution < 1.29 is 9.52 Å². The summed E-state index contributed by atoms with van der Waals surface area (Å²) in [4.78, 5) is 6.33. The van der Waals surface area contributed by atoms with Crippen molar-refractivity contribution >= 4 is 11.1 Å². The van der Waals surface area contributed by atoms with Gasteiger partial charge in [-0.15, -0.1) is 0 Å². The fourth-order valence-electron chi connectivity index (χ4n) is 1.88. The molecule has 0 unspecified atom stereocenters. The molecule has 0 aliphatic rings. The molecule has 0 spiro atoms. The number of unbranched alkanes of at least 4 members (excludes halogenated alkanes) is 1. The molecule has 2 rings (SSSR count). The summed E-state index contributed by atoms with van der Waals surface area (Å²) in [5, 5.41) is 8.73. The topological polar surface area (TPSA) is 49.5 Å². The zero-order valence-electron chi connectivity index (χ0n) is 10.1. The Morgan fingerprint density at radius 2 is 2.24 bits per heavy atom. The molecule has 0 aliphatic heterocycles. The van der Waals surface area contributed by atoms with Crippen LogP contribution < -0.4 is 0 Å². The lowest BCUT2D eigenvalue weighted by atomic mass is 10.2. The summed E-state index contributed by atoms with van der Waals surface area (Å²) in [7, 11) is 2.09. The van der Waals surface area contributed by atoms with Crippen LogP contribution in [-0.2, 0) is 6.54 Å². The molecule has 4 heteroatoms. The third-order valence-corrected chi connectivity index (χ3v) is 2.80. The first-order valence-corrected chi connectivity index (χ1v) is 5.91. The number of aliphatic hydroxyl groups is 1. The first-order chi connectivity index (χ1) is 8.29. The Morgan fingerprint density at radius 3 is 3.06 bits per heavy atom. The van der Waals surface area contributed by atoms with Gasteiger partial charge in [-0.05, 0) is 44.1 Å². The molecule has 0 saturated carbocycles. The van der Waals surface area contributed by atoms with Crippen LogP contribution in [0.25, 0.3) is 11.1 Å².